The van der Waals surface area contributed by atoms with Gasteiger partial charge in [-0.05, 0) is 135 Å². The predicted octanol–water partition coefficient (Wildman–Crippen LogP) is 30.6. The zero-order valence-corrected chi connectivity index (χ0v) is 71.5. The maximum atomic E-state index is 5.06. The summed E-state index contributed by atoms with van der Waals surface area (Å²) in [7, 11) is 0. The topological polar surface area (TPSA) is 94.0 Å². The van der Waals surface area contributed by atoms with E-state index in [0.717, 1.165) is 100 Å². The number of rotatable bonds is 12. The number of aromatic nitrogens is 11. The van der Waals surface area contributed by atoms with Crippen LogP contribution >= 0.6 is 0 Å². The van der Waals surface area contributed by atoms with E-state index < -0.39 is 0 Å². The molecule has 0 N–H and O–H groups in total. The Labute approximate surface area is 759 Å². The lowest BCUT2D eigenvalue weighted by Crippen LogP contribution is -2.02. The number of fused-ring (bicyclic) bond motifs is 21. The first-order chi connectivity index (χ1) is 65.5. The molecule has 0 aliphatic carbocycles. The molecule has 0 aliphatic heterocycles. The Balaban J connectivity index is 0.000000106. The SMILES string of the molecule is c1ccc(-c2ccc(-c3cnc(-n4c5ccccc5c5ccc6c7ccccc7n(-c7ccccc7)c6c54)nc3)cc2)cc1.c1ccc(-c2ccc(-n3c4ccccc4c4ccc5c6ccccc6n(-c6ccc(-c7ccccc7)cn6)c5c43)cc2)cc1.c1ccc(-c2ccc(-n3c4ccccc4c4ccc5c6ccccc6n(-c6ncc(-c7ccccc7)cn6)c5c43)cc2)cc1. The second kappa shape index (κ2) is 32.2. The van der Waals surface area contributed by atoms with Crippen molar-refractivity contribution in [2.75, 3.05) is 0 Å². The molecular weight excluding hydrogens is 1610 g/mol. The molecule has 18 aromatic carbocycles. The van der Waals surface area contributed by atoms with Crippen LogP contribution in [-0.2, 0) is 0 Å². The van der Waals surface area contributed by atoms with E-state index in [1.54, 1.807) is 0 Å². The molecule has 11 nitrogen and oxygen atoms in total. The van der Waals surface area contributed by atoms with Gasteiger partial charge in [0.25, 0.3) is 0 Å². The summed E-state index contributed by atoms with van der Waals surface area (Å²) in [5.41, 5.74) is 30.7. The fourth-order valence-corrected chi connectivity index (χ4v) is 20.0. The molecule has 27 rings (SSSR count). The molecular formula is C121H79N11. The molecule has 0 atom stereocenters. The monoisotopic (exact) mass is 1690 g/mol. The highest BCUT2D eigenvalue weighted by Gasteiger charge is 2.27. The van der Waals surface area contributed by atoms with E-state index in [1.165, 1.54) is 120 Å². The summed E-state index contributed by atoms with van der Waals surface area (Å²) >= 11 is 0. The second-order valence-corrected chi connectivity index (χ2v) is 33.5. The molecule has 0 aliphatic rings. The first-order valence-electron chi connectivity index (χ1n) is 44.7. The lowest BCUT2D eigenvalue weighted by Gasteiger charge is -2.13. The lowest BCUT2D eigenvalue weighted by atomic mass is 10.0. The summed E-state index contributed by atoms with van der Waals surface area (Å²) in [6.45, 7) is 0. The number of pyridine rings is 1. The molecule has 0 fully saturated rings. The fourth-order valence-electron chi connectivity index (χ4n) is 20.0. The third-order valence-corrected chi connectivity index (χ3v) is 26.1. The van der Waals surface area contributed by atoms with Crippen LogP contribution in [0.3, 0.4) is 0 Å². The van der Waals surface area contributed by atoms with Crippen molar-refractivity contribution in [1.29, 1.82) is 0 Å². The molecule has 0 radical (unpaired) electrons. The van der Waals surface area contributed by atoms with Crippen LogP contribution in [0, 0.1) is 0 Å². The first kappa shape index (κ1) is 76.5. The van der Waals surface area contributed by atoms with Gasteiger partial charge in [-0.15, -0.1) is 0 Å². The lowest BCUT2D eigenvalue weighted by molar-refractivity contribution is 0.989. The smallest absolute Gasteiger partial charge is 0.234 e. The van der Waals surface area contributed by atoms with Gasteiger partial charge in [0.2, 0.25) is 11.9 Å². The Morgan fingerprint density at radius 2 is 0.318 bits per heavy atom. The van der Waals surface area contributed by atoms with E-state index in [-0.39, 0.29) is 0 Å². The average molecular weight is 1690 g/mol. The van der Waals surface area contributed by atoms with Crippen molar-refractivity contribution in [3.05, 3.63) is 480 Å². The van der Waals surface area contributed by atoms with E-state index >= 15 is 0 Å². The summed E-state index contributed by atoms with van der Waals surface area (Å²) in [5, 5.41) is 14.4. The van der Waals surface area contributed by atoms with Gasteiger partial charge in [-0.2, -0.15) is 0 Å². The summed E-state index contributed by atoms with van der Waals surface area (Å²) in [6.07, 6.45) is 9.72. The number of nitrogens with zero attached hydrogens (tertiary/aromatic N) is 11. The molecule has 0 saturated carbocycles. The molecule has 0 bridgehead atoms. The number of benzene rings is 18. The minimum atomic E-state index is 0.651. The Morgan fingerprint density at radius 3 is 0.614 bits per heavy atom. The van der Waals surface area contributed by atoms with Gasteiger partial charge in [0.05, 0.1) is 66.2 Å². The Kier molecular flexibility index (Phi) is 18.7. The Morgan fingerprint density at radius 1 is 0.121 bits per heavy atom. The van der Waals surface area contributed by atoms with Crippen LogP contribution in [0.4, 0.5) is 0 Å². The van der Waals surface area contributed by atoms with Crippen molar-refractivity contribution >= 4 is 131 Å². The van der Waals surface area contributed by atoms with Crippen LogP contribution < -0.4 is 0 Å². The van der Waals surface area contributed by atoms with Crippen LogP contribution in [0.2, 0.25) is 0 Å². The highest BCUT2D eigenvalue weighted by atomic mass is 15.2. The third kappa shape index (κ3) is 12.9. The van der Waals surface area contributed by atoms with Crippen molar-refractivity contribution in [2.24, 2.45) is 0 Å². The zero-order chi connectivity index (χ0) is 87.1. The third-order valence-electron chi connectivity index (χ3n) is 26.1. The Hall–Kier alpha value is -17.9. The van der Waals surface area contributed by atoms with Crippen LogP contribution in [0.5, 0.6) is 0 Å². The molecule has 9 aromatic heterocycles. The molecule has 0 unspecified atom stereocenters. The minimum Gasteiger partial charge on any atom is -0.307 e. The van der Waals surface area contributed by atoms with Crippen molar-refractivity contribution < 1.29 is 0 Å². The quantitative estimate of drug-likeness (QED) is 0.121. The summed E-state index contributed by atoms with van der Waals surface area (Å²) in [5.74, 6) is 2.21. The highest BCUT2D eigenvalue weighted by molar-refractivity contribution is 6.27. The van der Waals surface area contributed by atoms with Gasteiger partial charge >= 0.3 is 0 Å². The van der Waals surface area contributed by atoms with E-state index in [4.69, 9.17) is 24.9 Å². The minimum absolute atomic E-state index is 0.651. The standard InChI is InChI=1S/C41H27N3.2C40H26N4/c1-3-11-28(12-4-1)30-19-22-32(23-20-30)43-37-17-9-7-15-33(37)35-24-25-36-34-16-8-10-18-38(34)44(41(36)40(35)43)39-26-21-31(27-42-39)29-13-5-2-6-14-29;1-3-11-27(12-4-1)28-19-21-29(22-20-28)30-25-41-40(42-26-30)44-37-18-10-8-16-33(37)35-24-23-34-32-15-7-9-17-36(32)43(38(34)39(35)44)31-13-5-2-6-14-31;1-3-11-27(12-4-1)29-19-21-31(22-20-29)43-36-17-9-7-15-32(36)34-23-24-35-33-16-8-10-18-37(33)44(39(35)38(34)43)40-41-25-30(26-42-40)28-13-5-2-6-14-28/h1-27H;2*1-26H. The van der Waals surface area contributed by atoms with Gasteiger partial charge in [0.15, 0.2) is 0 Å². The number of para-hydroxylation sites is 7. The van der Waals surface area contributed by atoms with Crippen LogP contribution in [0.1, 0.15) is 0 Å². The maximum absolute atomic E-state index is 5.06. The van der Waals surface area contributed by atoms with Crippen LogP contribution in [0.25, 0.3) is 232 Å². The normalized spacial score (nSPS) is 11.6. The van der Waals surface area contributed by atoms with Crippen molar-refractivity contribution in [3.8, 4) is 102 Å². The molecule has 0 saturated heterocycles. The van der Waals surface area contributed by atoms with Crippen molar-refractivity contribution in [3.63, 3.8) is 0 Å². The van der Waals surface area contributed by atoms with Gasteiger partial charge in [-0.1, -0.05) is 364 Å². The second-order valence-electron chi connectivity index (χ2n) is 33.5. The predicted molar refractivity (Wildman–Crippen MR) is 547 cm³/mol. The van der Waals surface area contributed by atoms with Crippen molar-refractivity contribution in [2.45, 2.75) is 0 Å². The van der Waals surface area contributed by atoms with Gasteiger partial charge in [-0.25, -0.2) is 24.9 Å². The van der Waals surface area contributed by atoms with E-state index in [9.17, 15) is 0 Å². The molecule has 27 aromatic rings. The zero-order valence-electron chi connectivity index (χ0n) is 71.5. The van der Waals surface area contributed by atoms with Crippen LogP contribution in [0.15, 0.2) is 480 Å². The fraction of sp³-hybridized carbons (Fsp3) is 0. The van der Waals surface area contributed by atoms with Crippen LogP contribution in [-0.4, -0.2) is 52.3 Å². The summed E-state index contributed by atoms with van der Waals surface area (Å²) < 4.78 is 14.0. The van der Waals surface area contributed by atoms with E-state index in [0.29, 0.717) is 11.9 Å². The molecule has 9 heterocycles. The van der Waals surface area contributed by atoms with Gasteiger partial charge in [0, 0.05) is 129 Å². The van der Waals surface area contributed by atoms with Gasteiger partial charge < -0.3 is 13.7 Å². The number of hydrogen-bond acceptors (Lipinski definition) is 5. The van der Waals surface area contributed by atoms with E-state index in [2.05, 4.69) is 446 Å². The van der Waals surface area contributed by atoms with Crippen molar-refractivity contribution in [1.82, 2.24) is 52.3 Å². The Bertz CT molecular complexity index is 8330. The molecule has 0 amide bonds. The highest BCUT2D eigenvalue weighted by Crippen LogP contribution is 2.47. The maximum Gasteiger partial charge on any atom is 0.234 e. The average Bonchev–Trinajstić information content (AvgIpc) is 1.55. The van der Waals surface area contributed by atoms with E-state index in [1.807, 2.05) is 61.3 Å². The molecule has 132 heavy (non-hydrogen) atoms. The summed E-state index contributed by atoms with van der Waals surface area (Å²) in [6, 6.07) is 159. The van der Waals surface area contributed by atoms with Gasteiger partial charge in [-0.3, -0.25) is 13.7 Å². The molecule has 0 spiro atoms. The number of hydrogen-bond donors (Lipinski definition) is 0. The largest absolute Gasteiger partial charge is 0.307 e. The van der Waals surface area contributed by atoms with Gasteiger partial charge in [0.1, 0.15) is 5.82 Å². The summed E-state index contributed by atoms with van der Waals surface area (Å²) in [4.78, 5) is 24.9. The molecule has 11 heteroatoms. The molecule has 618 valence electrons. The first-order valence-corrected chi connectivity index (χ1v) is 44.7.